The van der Waals surface area contributed by atoms with Gasteiger partial charge in [0.15, 0.2) is 0 Å². The highest BCUT2D eigenvalue weighted by Gasteiger charge is 2.26. The van der Waals surface area contributed by atoms with E-state index in [1.165, 1.54) is 12.8 Å². The molecule has 1 saturated heterocycles. The van der Waals surface area contributed by atoms with Gasteiger partial charge in [-0.2, -0.15) is 0 Å². The standard InChI is InChI=1S/C15H26N4/c1-5-13-9-15(18-12(4)17-13)19-8-6-7-14(19)10-16-11(2)3/h9,11,14,16H,5-8,10H2,1-4H3. The van der Waals surface area contributed by atoms with Crippen LogP contribution in [0.5, 0.6) is 0 Å². The Labute approximate surface area is 116 Å². The zero-order valence-corrected chi connectivity index (χ0v) is 12.6. The Kier molecular flexibility index (Phi) is 4.75. The van der Waals surface area contributed by atoms with Crippen molar-refractivity contribution in [2.45, 2.75) is 59.0 Å². The SMILES string of the molecule is CCc1cc(N2CCCC2CNC(C)C)nc(C)n1. The van der Waals surface area contributed by atoms with E-state index in [0.29, 0.717) is 12.1 Å². The maximum atomic E-state index is 4.63. The fourth-order valence-electron chi connectivity index (χ4n) is 2.66. The third kappa shape index (κ3) is 3.66. The largest absolute Gasteiger partial charge is 0.352 e. The molecule has 1 aromatic heterocycles. The highest BCUT2D eigenvalue weighted by molar-refractivity contribution is 5.42. The number of aryl methyl sites for hydroxylation is 2. The summed E-state index contributed by atoms with van der Waals surface area (Å²) in [7, 11) is 0. The van der Waals surface area contributed by atoms with Gasteiger partial charge in [0.25, 0.3) is 0 Å². The molecular weight excluding hydrogens is 236 g/mol. The first-order chi connectivity index (χ1) is 9.10. The lowest BCUT2D eigenvalue weighted by Crippen LogP contribution is -2.40. The zero-order chi connectivity index (χ0) is 13.8. The summed E-state index contributed by atoms with van der Waals surface area (Å²) in [5.41, 5.74) is 1.14. The number of hydrogen-bond acceptors (Lipinski definition) is 4. The van der Waals surface area contributed by atoms with E-state index in [-0.39, 0.29) is 0 Å². The van der Waals surface area contributed by atoms with Crippen LogP contribution in [0.4, 0.5) is 5.82 Å². The number of anilines is 1. The maximum Gasteiger partial charge on any atom is 0.132 e. The van der Waals surface area contributed by atoms with Crippen molar-refractivity contribution >= 4 is 5.82 Å². The molecule has 1 N–H and O–H groups in total. The van der Waals surface area contributed by atoms with Gasteiger partial charge >= 0.3 is 0 Å². The van der Waals surface area contributed by atoms with Crippen molar-refractivity contribution in [1.29, 1.82) is 0 Å². The van der Waals surface area contributed by atoms with Crippen LogP contribution in [0, 0.1) is 6.92 Å². The molecule has 1 aromatic rings. The molecule has 1 aliphatic rings. The molecule has 4 nitrogen and oxygen atoms in total. The molecular formula is C15H26N4. The molecule has 0 radical (unpaired) electrons. The molecule has 0 aromatic carbocycles. The molecule has 106 valence electrons. The number of rotatable bonds is 5. The first-order valence-electron chi connectivity index (χ1n) is 7.44. The molecule has 0 amide bonds. The lowest BCUT2D eigenvalue weighted by molar-refractivity contribution is 0.522. The lowest BCUT2D eigenvalue weighted by atomic mass is 10.2. The van der Waals surface area contributed by atoms with Gasteiger partial charge in [-0.25, -0.2) is 9.97 Å². The van der Waals surface area contributed by atoms with Crippen LogP contribution in [0.3, 0.4) is 0 Å². The molecule has 4 heteroatoms. The summed E-state index contributed by atoms with van der Waals surface area (Å²) in [4.78, 5) is 11.5. The van der Waals surface area contributed by atoms with E-state index >= 15 is 0 Å². The molecule has 0 aliphatic carbocycles. The molecule has 1 atom stereocenters. The summed E-state index contributed by atoms with van der Waals surface area (Å²) < 4.78 is 0. The molecule has 2 heterocycles. The number of aromatic nitrogens is 2. The number of nitrogens with one attached hydrogen (secondary N) is 1. The van der Waals surface area contributed by atoms with Crippen LogP contribution in [0.15, 0.2) is 6.07 Å². The van der Waals surface area contributed by atoms with Gasteiger partial charge in [-0.05, 0) is 26.2 Å². The average Bonchev–Trinajstić information content (AvgIpc) is 2.83. The second-order valence-electron chi connectivity index (χ2n) is 5.67. The predicted molar refractivity (Wildman–Crippen MR) is 79.7 cm³/mol. The topological polar surface area (TPSA) is 41.0 Å². The van der Waals surface area contributed by atoms with Crippen LogP contribution in [0.25, 0.3) is 0 Å². The molecule has 1 fully saturated rings. The number of nitrogens with zero attached hydrogens (tertiary/aromatic N) is 3. The van der Waals surface area contributed by atoms with E-state index in [4.69, 9.17) is 0 Å². The van der Waals surface area contributed by atoms with Crippen molar-refractivity contribution in [3.63, 3.8) is 0 Å². The van der Waals surface area contributed by atoms with E-state index in [2.05, 4.69) is 47.0 Å². The fraction of sp³-hybridized carbons (Fsp3) is 0.733. The quantitative estimate of drug-likeness (QED) is 0.884. The van der Waals surface area contributed by atoms with Crippen molar-refractivity contribution in [1.82, 2.24) is 15.3 Å². The van der Waals surface area contributed by atoms with Gasteiger partial charge in [0.05, 0.1) is 0 Å². The molecule has 0 saturated carbocycles. The Morgan fingerprint density at radius 3 is 2.89 bits per heavy atom. The Morgan fingerprint density at radius 2 is 2.21 bits per heavy atom. The summed E-state index contributed by atoms with van der Waals surface area (Å²) in [6.45, 7) is 10.7. The molecule has 1 unspecified atom stereocenters. The summed E-state index contributed by atoms with van der Waals surface area (Å²) >= 11 is 0. The third-order valence-corrected chi connectivity index (χ3v) is 3.67. The van der Waals surface area contributed by atoms with E-state index in [0.717, 1.165) is 36.8 Å². The van der Waals surface area contributed by atoms with Crippen molar-refractivity contribution < 1.29 is 0 Å². The Morgan fingerprint density at radius 1 is 1.42 bits per heavy atom. The second-order valence-corrected chi connectivity index (χ2v) is 5.67. The van der Waals surface area contributed by atoms with Crippen molar-refractivity contribution in [2.75, 3.05) is 18.0 Å². The van der Waals surface area contributed by atoms with Gasteiger partial charge in [0.2, 0.25) is 0 Å². The number of hydrogen-bond donors (Lipinski definition) is 1. The van der Waals surface area contributed by atoms with E-state index < -0.39 is 0 Å². The highest BCUT2D eigenvalue weighted by atomic mass is 15.2. The van der Waals surface area contributed by atoms with E-state index in [9.17, 15) is 0 Å². The van der Waals surface area contributed by atoms with Gasteiger partial charge in [0.1, 0.15) is 11.6 Å². The van der Waals surface area contributed by atoms with E-state index in [1.807, 2.05) is 6.92 Å². The van der Waals surface area contributed by atoms with Gasteiger partial charge in [-0.3, -0.25) is 0 Å². The third-order valence-electron chi connectivity index (χ3n) is 3.67. The maximum absolute atomic E-state index is 4.63. The normalized spacial score (nSPS) is 19.4. The minimum absolute atomic E-state index is 0.542. The molecule has 0 spiro atoms. The van der Waals surface area contributed by atoms with Gasteiger partial charge in [-0.15, -0.1) is 0 Å². The smallest absolute Gasteiger partial charge is 0.132 e. The molecule has 19 heavy (non-hydrogen) atoms. The highest BCUT2D eigenvalue weighted by Crippen LogP contribution is 2.24. The minimum atomic E-state index is 0.542. The van der Waals surface area contributed by atoms with Gasteiger partial charge in [-0.1, -0.05) is 20.8 Å². The summed E-state index contributed by atoms with van der Waals surface area (Å²) in [6.07, 6.45) is 3.48. The molecule has 1 aliphatic heterocycles. The van der Waals surface area contributed by atoms with Crippen molar-refractivity contribution in [3.8, 4) is 0 Å². The minimum Gasteiger partial charge on any atom is -0.352 e. The summed E-state index contributed by atoms with van der Waals surface area (Å²) in [5, 5.41) is 3.55. The average molecular weight is 262 g/mol. The molecule has 0 bridgehead atoms. The van der Waals surface area contributed by atoms with Crippen molar-refractivity contribution in [2.24, 2.45) is 0 Å². The fourth-order valence-corrected chi connectivity index (χ4v) is 2.66. The van der Waals surface area contributed by atoms with E-state index in [1.54, 1.807) is 0 Å². The lowest BCUT2D eigenvalue weighted by Gasteiger charge is -2.27. The molecule has 2 rings (SSSR count). The Hall–Kier alpha value is -1.16. The first kappa shape index (κ1) is 14.3. The van der Waals surface area contributed by atoms with Crippen LogP contribution in [-0.2, 0) is 6.42 Å². The van der Waals surface area contributed by atoms with Crippen LogP contribution in [0.1, 0.15) is 45.1 Å². The van der Waals surface area contributed by atoms with Crippen LogP contribution < -0.4 is 10.2 Å². The summed E-state index contributed by atoms with van der Waals surface area (Å²) in [5.74, 6) is 1.99. The summed E-state index contributed by atoms with van der Waals surface area (Å²) in [6, 6.07) is 3.27. The van der Waals surface area contributed by atoms with Crippen molar-refractivity contribution in [3.05, 3.63) is 17.6 Å². The van der Waals surface area contributed by atoms with Crippen LogP contribution >= 0.6 is 0 Å². The monoisotopic (exact) mass is 262 g/mol. The predicted octanol–water partition coefficient (Wildman–Crippen LogP) is 2.31. The van der Waals surface area contributed by atoms with Gasteiger partial charge in [0, 0.05) is 36.9 Å². The Balaban J connectivity index is 2.12. The Bertz CT molecular complexity index is 417. The first-order valence-corrected chi connectivity index (χ1v) is 7.44. The zero-order valence-electron chi connectivity index (χ0n) is 12.6. The van der Waals surface area contributed by atoms with Crippen LogP contribution in [0.2, 0.25) is 0 Å². The second kappa shape index (κ2) is 6.33. The van der Waals surface area contributed by atoms with Crippen LogP contribution in [-0.4, -0.2) is 35.1 Å². The van der Waals surface area contributed by atoms with Gasteiger partial charge < -0.3 is 10.2 Å².